The van der Waals surface area contributed by atoms with Gasteiger partial charge in [0.25, 0.3) is 0 Å². The zero-order valence-corrected chi connectivity index (χ0v) is 11.0. The predicted octanol–water partition coefficient (Wildman–Crippen LogP) is 3.34. The summed E-state index contributed by atoms with van der Waals surface area (Å²) >= 11 is 9.35. The molecule has 86 valence electrons. The van der Waals surface area contributed by atoms with Gasteiger partial charge in [-0.3, -0.25) is 4.79 Å². The van der Waals surface area contributed by atoms with E-state index in [1.54, 1.807) is 0 Å². The van der Waals surface area contributed by atoms with Crippen molar-refractivity contribution in [3.8, 4) is 0 Å². The number of hydrogen-bond acceptors (Lipinski definition) is 3. The van der Waals surface area contributed by atoms with E-state index in [9.17, 15) is 4.79 Å². The summed E-state index contributed by atoms with van der Waals surface area (Å²) in [6, 6.07) is 7.99. The second-order valence-corrected chi connectivity index (χ2v) is 6.37. The monoisotopic (exact) mass is 273 g/mol. The molecule has 1 aromatic carbocycles. The Labute approximate surface area is 109 Å². The van der Waals surface area contributed by atoms with Crippen molar-refractivity contribution in [2.75, 3.05) is 22.7 Å². The van der Waals surface area contributed by atoms with Crippen molar-refractivity contribution in [2.24, 2.45) is 0 Å². The van der Waals surface area contributed by atoms with Crippen LogP contribution in [-0.2, 0) is 4.79 Å². The third-order valence-corrected chi connectivity index (χ3v) is 5.53. The lowest BCUT2D eigenvalue weighted by Gasteiger charge is -2.10. The van der Waals surface area contributed by atoms with E-state index in [0.29, 0.717) is 4.58 Å². The number of anilines is 1. The molecule has 5 heteroatoms. The van der Waals surface area contributed by atoms with Crippen LogP contribution in [0.4, 0.5) is 5.69 Å². The molecule has 2 nitrogen and oxygen atoms in total. The van der Waals surface area contributed by atoms with Crippen molar-refractivity contribution in [3.05, 3.63) is 29.8 Å². The molecule has 0 aliphatic carbocycles. The highest BCUT2D eigenvalue weighted by Crippen LogP contribution is 2.45. The molecule has 1 heterocycles. The predicted molar refractivity (Wildman–Crippen MR) is 73.4 cm³/mol. The molecule has 1 aliphatic rings. The number of hydrogen-bond donors (Lipinski definition) is 1. The van der Waals surface area contributed by atoms with Crippen LogP contribution >= 0.6 is 35.1 Å². The summed E-state index contributed by atoms with van der Waals surface area (Å²) in [4.78, 5) is 11.2. The van der Waals surface area contributed by atoms with Gasteiger partial charge in [-0.15, -0.1) is 35.1 Å². The summed E-state index contributed by atoms with van der Waals surface area (Å²) in [5.74, 6) is 2.24. The summed E-state index contributed by atoms with van der Waals surface area (Å²) < 4.78 is 0.507. The van der Waals surface area contributed by atoms with E-state index < -0.39 is 0 Å². The van der Waals surface area contributed by atoms with Gasteiger partial charge in [-0.1, -0.05) is 12.1 Å². The molecule has 2 rings (SSSR count). The fourth-order valence-electron chi connectivity index (χ4n) is 1.51. The molecular formula is C11H12ClNOS2. The zero-order valence-electron chi connectivity index (χ0n) is 8.61. The lowest BCUT2D eigenvalue weighted by Crippen LogP contribution is -2.12. The number of carbonyl (C=O) groups excluding carboxylic acids is 1. The molecule has 0 radical (unpaired) electrons. The van der Waals surface area contributed by atoms with Crippen LogP contribution in [0.25, 0.3) is 0 Å². The van der Waals surface area contributed by atoms with Gasteiger partial charge in [-0.05, 0) is 17.7 Å². The van der Waals surface area contributed by atoms with E-state index in [4.69, 9.17) is 11.6 Å². The van der Waals surface area contributed by atoms with Crippen LogP contribution < -0.4 is 5.32 Å². The molecule has 0 aromatic heterocycles. The molecule has 1 N–H and O–H groups in total. The van der Waals surface area contributed by atoms with Gasteiger partial charge in [0.2, 0.25) is 5.91 Å². The number of thioether (sulfide) groups is 2. The minimum Gasteiger partial charge on any atom is -0.325 e. The minimum atomic E-state index is -0.162. The molecule has 1 fully saturated rings. The summed E-state index contributed by atoms with van der Waals surface area (Å²) in [5.41, 5.74) is 2.09. The van der Waals surface area contributed by atoms with E-state index in [2.05, 4.69) is 11.4 Å². The number of nitrogens with one attached hydrogen (secondary N) is 1. The zero-order chi connectivity index (χ0) is 11.4. The van der Waals surface area contributed by atoms with E-state index in [-0.39, 0.29) is 11.8 Å². The van der Waals surface area contributed by atoms with Gasteiger partial charge in [0.15, 0.2) is 0 Å². The first-order valence-corrected chi connectivity index (χ1v) is 7.62. The first-order chi connectivity index (χ1) is 7.79. The molecule has 1 amide bonds. The van der Waals surface area contributed by atoms with Gasteiger partial charge in [-0.25, -0.2) is 0 Å². The number of amides is 1. The highest BCUT2D eigenvalue weighted by Gasteiger charge is 2.18. The lowest BCUT2D eigenvalue weighted by atomic mass is 10.2. The SMILES string of the molecule is O=C(CCl)Nc1cccc(C2SCCS2)c1. The van der Waals surface area contributed by atoms with Crippen LogP contribution in [-0.4, -0.2) is 23.3 Å². The average molecular weight is 274 g/mol. The number of halogens is 1. The molecule has 0 spiro atoms. The average Bonchev–Trinajstić information content (AvgIpc) is 2.83. The number of carbonyl (C=O) groups is 1. The lowest BCUT2D eigenvalue weighted by molar-refractivity contribution is -0.113. The van der Waals surface area contributed by atoms with E-state index in [0.717, 1.165) is 5.69 Å². The Kier molecular flexibility index (Phi) is 4.44. The second kappa shape index (κ2) is 5.84. The third kappa shape index (κ3) is 3.09. The molecule has 0 unspecified atom stereocenters. The number of rotatable bonds is 3. The Hall–Kier alpha value is -0.320. The Bertz CT molecular complexity index is 380. The Morgan fingerprint density at radius 2 is 2.19 bits per heavy atom. The van der Waals surface area contributed by atoms with Gasteiger partial charge in [-0.2, -0.15) is 0 Å². The molecule has 0 bridgehead atoms. The van der Waals surface area contributed by atoms with Gasteiger partial charge in [0.1, 0.15) is 5.88 Å². The number of alkyl halides is 1. The molecule has 0 saturated carbocycles. The summed E-state index contributed by atoms with van der Waals surface area (Å²) in [6.07, 6.45) is 0. The number of benzene rings is 1. The van der Waals surface area contributed by atoms with Crippen molar-refractivity contribution in [3.63, 3.8) is 0 Å². The molecule has 1 saturated heterocycles. The van der Waals surface area contributed by atoms with Crippen molar-refractivity contribution < 1.29 is 4.79 Å². The molecule has 0 atom stereocenters. The van der Waals surface area contributed by atoms with Crippen molar-refractivity contribution in [1.29, 1.82) is 0 Å². The first kappa shape index (κ1) is 12.1. The van der Waals surface area contributed by atoms with Gasteiger partial charge in [0, 0.05) is 17.2 Å². The third-order valence-electron chi connectivity index (χ3n) is 2.19. The van der Waals surface area contributed by atoms with Crippen molar-refractivity contribution >= 4 is 46.7 Å². The van der Waals surface area contributed by atoms with E-state index >= 15 is 0 Å². The van der Waals surface area contributed by atoms with Crippen LogP contribution in [0.1, 0.15) is 10.1 Å². The smallest absolute Gasteiger partial charge is 0.239 e. The largest absolute Gasteiger partial charge is 0.325 e. The topological polar surface area (TPSA) is 29.1 Å². The Morgan fingerprint density at radius 3 is 2.88 bits per heavy atom. The summed E-state index contributed by atoms with van der Waals surface area (Å²) in [7, 11) is 0. The van der Waals surface area contributed by atoms with Gasteiger partial charge < -0.3 is 5.32 Å². The fourth-order valence-corrected chi connectivity index (χ4v) is 4.41. The Morgan fingerprint density at radius 1 is 1.44 bits per heavy atom. The summed E-state index contributed by atoms with van der Waals surface area (Å²) in [5, 5.41) is 2.77. The van der Waals surface area contributed by atoms with Crippen molar-refractivity contribution in [1.82, 2.24) is 0 Å². The van der Waals surface area contributed by atoms with E-state index in [1.807, 2.05) is 41.7 Å². The molecule has 1 aromatic rings. The molecule has 1 aliphatic heterocycles. The fraction of sp³-hybridized carbons (Fsp3) is 0.364. The first-order valence-electron chi connectivity index (χ1n) is 4.98. The van der Waals surface area contributed by atoms with Crippen LogP contribution in [0.15, 0.2) is 24.3 Å². The summed E-state index contributed by atoms with van der Waals surface area (Å²) in [6.45, 7) is 0. The maximum Gasteiger partial charge on any atom is 0.239 e. The molecule has 16 heavy (non-hydrogen) atoms. The van der Waals surface area contributed by atoms with Crippen LogP contribution in [0.3, 0.4) is 0 Å². The van der Waals surface area contributed by atoms with Crippen LogP contribution in [0.2, 0.25) is 0 Å². The Balaban J connectivity index is 2.09. The molecular weight excluding hydrogens is 262 g/mol. The quantitative estimate of drug-likeness (QED) is 0.857. The maximum atomic E-state index is 11.2. The van der Waals surface area contributed by atoms with E-state index in [1.165, 1.54) is 17.1 Å². The standard InChI is InChI=1S/C11H12ClNOS2/c12-7-10(14)13-9-3-1-2-8(6-9)11-15-4-5-16-11/h1-3,6,11H,4-5,7H2,(H,13,14). The highest BCUT2D eigenvalue weighted by atomic mass is 35.5. The second-order valence-electron chi connectivity index (χ2n) is 3.38. The van der Waals surface area contributed by atoms with Crippen molar-refractivity contribution in [2.45, 2.75) is 4.58 Å². The minimum absolute atomic E-state index is 0.00282. The highest BCUT2D eigenvalue weighted by molar-refractivity contribution is 8.19. The van der Waals surface area contributed by atoms with Crippen LogP contribution in [0, 0.1) is 0 Å². The van der Waals surface area contributed by atoms with Crippen LogP contribution in [0.5, 0.6) is 0 Å². The normalized spacial score (nSPS) is 16.3. The maximum absolute atomic E-state index is 11.2. The van der Waals surface area contributed by atoms with Gasteiger partial charge in [0.05, 0.1) is 4.58 Å². The van der Waals surface area contributed by atoms with Gasteiger partial charge >= 0.3 is 0 Å².